The highest BCUT2D eigenvalue weighted by Gasteiger charge is 2.36. The van der Waals surface area contributed by atoms with Gasteiger partial charge in [-0.15, -0.1) is 0 Å². The Labute approximate surface area is 222 Å². The SMILES string of the molecule is CCOC(=O)C1=C(C)N=c2sc(=Cc3c[nH]c4ccccc34)c(=O)n2C1c1c(OC)ccc2ccccc12. The van der Waals surface area contributed by atoms with E-state index in [0.717, 1.165) is 32.8 Å². The Hall–Kier alpha value is -4.43. The number of esters is 1. The molecule has 0 saturated carbocycles. The Morgan fingerprint density at radius 3 is 2.66 bits per heavy atom. The van der Waals surface area contributed by atoms with Gasteiger partial charge in [0.1, 0.15) is 11.8 Å². The van der Waals surface area contributed by atoms with Gasteiger partial charge in [0.25, 0.3) is 5.56 Å². The highest BCUT2D eigenvalue weighted by Crippen LogP contribution is 2.40. The van der Waals surface area contributed by atoms with Crippen LogP contribution < -0.4 is 19.6 Å². The predicted octanol–water partition coefficient (Wildman–Crippen LogP) is 4.44. The van der Waals surface area contributed by atoms with E-state index in [1.807, 2.05) is 72.9 Å². The summed E-state index contributed by atoms with van der Waals surface area (Å²) < 4.78 is 13.4. The molecule has 1 atom stereocenters. The summed E-state index contributed by atoms with van der Waals surface area (Å²) in [4.78, 5) is 35.9. The van der Waals surface area contributed by atoms with Crippen LogP contribution in [-0.4, -0.2) is 29.2 Å². The van der Waals surface area contributed by atoms with Gasteiger partial charge in [-0.1, -0.05) is 59.9 Å². The third-order valence-corrected chi connectivity index (χ3v) is 7.83. The standard InChI is InChI=1S/C30H25N3O4S/c1-4-37-29(35)25-17(2)32-30-33(27(25)26-21-11-6-5-9-18(21)13-14-23(26)36-3)28(34)24(38-30)15-19-16-31-22-12-8-7-10-20(19)22/h5-16,27,31H,4H2,1-3H3. The number of benzene rings is 3. The number of para-hydroxylation sites is 1. The van der Waals surface area contributed by atoms with Crippen molar-refractivity contribution in [3.63, 3.8) is 0 Å². The van der Waals surface area contributed by atoms with Crippen LogP contribution in [0.25, 0.3) is 27.8 Å². The lowest BCUT2D eigenvalue weighted by Gasteiger charge is -2.27. The van der Waals surface area contributed by atoms with Crippen LogP contribution in [0.5, 0.6) is 5.75 Å². The van der Waals surface area contributed by atoms with Gasteiger partial charge in [-0.25, -0.2) is 9.79 Å². The number of methoxy groups -OCH3 is 1. The summed E-state index contributed by atoms with van der Waals surface area (Å²) in [6, 6.07) is 18.9. The van der Waals surface area contributed by atoms with Gasteiger partial charge in [0, 0.05) is 28.2 Å². The van der Waals surface area contributed by atoms with Crippen molar-refractivity contribution < 1.29 is 14.3 Å². The number of carbonyl (C=O) groups is 1. The Kier molecular flexibility index (Phi) is 5.96. The number of rotatable bonds is 5. The molecule has 2 aromatic heterocycles. The largest absolute Gasteiger partial charge is 0.496 e. The first-order chi connectivity index (χ1) is 18.5. The van der Waals surface area contributed by atoms with Gasteiger partial charge in [-0.2, -0.15) is 0 Å². The van der Waals surface area contributed by atoms with E-state index in [0.29, 0.717) is 26.4 Å². The number of aromatic nitrogens is 2. The minimum absolute atomic E-state index is 0.208. The normalized spacial score (nSPS) is 15.6. The molecule has 1 aliphatic heterocycles. The van der Waals surface area contributed by atoms with Crippen LogP contribution in [0.2, 0.25) is 0 Å². The summed E-state index contributed by atoms with van der Waals surface area (Å²) in [5.74, 6) is 0.0797. The molecule has 1 N–H and O–H groups in total. The summed E-state index contributed by atoms with van der Waals surface area (Å²) in [6.07, 6.45) is 3.77. The maximum atomic E-state index is 14.1. The molecule has 0 saturated heterocycles. The zero-order valence-corrected chi connectivity index (χ0v) is 22.0. The summed E-state index contributed by atoms with van der Waals surface area (Å²) >= 11 is 1.30. The summed E-state index contributed by atoms with van der Waals surface area (Å²) in [7, 11) is 1.59. The van der Waals surface area contributed by atoms with E-state index in [-0.39, 0.29) is 12.2 Å². The number of nitrogens with one attached hydrogen (secondary N) is 1. The van der Waals surface area contributed by atoms with E-state index < -0.39 is 12.0 Å². The molecule has 190 valence electrons. The highest BCUT2D eigenvalue weighted by atomic mass is 32.1. The van der Waals surface area contributed by atoms with Crippen molar-refractivity contribution >= 4 is 45.1 Å². The number of fused-ring (bicyclic) bond motifs is 3. The zero-order chi connectivity index (χ0) is 26.4. The fraction of sp³-hybridized carbons (Fsp3) is 0.167. The second-order valence-electron chi connectivity index (χ2n) is 8.99. The third kappa shape index (κ3) is 3.76. The molecule has 38 heavy (non-hydrogen) atoms. The lowest BCUT2D eigenvalue weighted by Crippen LogP contribution is -2.40. The number of nitrogens with zero attached hydrogens (tertiary/aromatic N) is 2. The number of aromatic amines is 1. The van der Waals surface area contributed by atoms with Gasteiger partial charge >= 0.3 is 5.97 Å². The molecule has 1 aliphatic rings. The molecule has 0 spiro atoms. The van der Waals surface area contributed by atoms with Crippen molar-refractivity contribution in [1.29, 1.82) is 0 Å². The first kappa shape index (κ1) is 23.9. The van der Waals surface area contributed by atoms with E-state index in [4.69, 9.17) is 14.5 Å². The van der Waals surface area contributed by atoms with Crippen molar-refractivity contribution in [2.24, 2.45) is 4.99 Å². The number of hydrogen-bond acceptors (Lipinski definition) is 6. The number of H-pyrrole nitrogens is 1. The molecule has 0 bridgehead atoms. The molecule has 6 rings (SSSR count). The zero-order valence-electron chi connectivity index (χ0n) is 21.1. The van der Waals surface area contributed by atoms with E-state index in [1.165, 1.54) is 11.3 Å². The Morgan fingerprint density at radius 2 is 1.87 bits per heavy atom. The summed E-state index contributed by atoms with van der Waals surface area (Å²) in [6.45, 7) is 3.76. The number of ether oxygens (including phenoxy) is 2. The Bertz CT molecular complexity index is 1940. The maximum Gasteiger partial charge on any atom is 0.338 e. The van der Waals surface area contributed by atoms with Crippen LogP contribution in [-0.2, 0) is 9.53 Å². The Morgan fingerprint density at radius 1 is 1.11 bits per heavy atom. The van der Waals surface area contributed by atoms with Gasteiger partial charge < -0.3 is 14.5 Å². The highest BCUT2D eigenvalue weighted by molar-refractivity contribution is 7.07. The van der Waals surface area contributed by atoms with E-state index in [2.05, 4.69) is 4.98 Å². The molecule has 3 aromatic carbocycles. The van der Waals surface area contributed by atoms with Gasteiger partial charge in [-0.05, 0) is 42.8 Å². The van der Waals surface area contributed by atoms with Crippen LogP contribution in [0.15, 0.2) is 87.9 Å². The average Bonchev–Trinajstić information content (AvgIpc) is 3.47. The third-order valence-electron chi connectivity index (χ3n) is 6.85. The van der Waals surface area contributed by atoms with Crippen molar-refractivity contribution in [3.05, 3.63) is 109 Å². The summed E-state index contributed by atoms with van der Waals surface area (Å²) in [5, 5.41) is 2.88. The molecular formula is C30H25N3O4S. The van der Waals surface area contributed by atoms with Crippen LogP contribution in [0.4, 0.5) is 0 Å². The van der Waals surface area contributed by atoms with Gasteiger partial charge in [0.2, 0.25) is 0 Å². The van der Waals surface area contributed by atoms with Crippen molar-refractivity contribution in [3.8, 4) is 5.75 Å². The Balaban J connectivity index is 1.67. The molecule has 0 radical (unpaired) electrons. The quantitative estimate of drug-likeness (QED) is 0.345. The lowest BCUT2D eigenvalue weighted by atomic mass is 9.90. The van der Waals surface area contributed by atoms with E-state index in [1.54, 1.807) is 25.5 Å². The van der Waals surface area contributed by atoms with Gasteiger partial charge in [0.15, 0.2) is 4.80 Å². The van der Waals surface area contributed by atoms with Crippen LogP contribution in [0, 0.1) is 0 Å². The lowest BCUT2D eigenvalue weighted by molar-refractivity contribution is -0.139. The topological polar surface area (TPSA) is 85.7 Å². The van der Waals surface area contributed by atoms with Crippen molar-refractivity contribution in [2.45, 2.75) is 19.9 Å². The second kappa shape index (κ2) is 9.46. The monoisotopic (exact) mass is 523 g/mol. The molecular weight excluding hydrogens is 498 g/mol. The first-order valence-corrected chi connectivity index (χ1v) is 13.1. The molecule has 1 unspecified atom stereocenters. The van der Waals surface area contributed by atoms with Gasteiger partial charge in [-0.3, -0.25) is 9.36 Å². The molecule has 3 heterocycles. The average molecular weight is 524 g/mol. The first-order valence-electron chi connectivity index (χ1n) is 12.3. The fourth-order valence-electron chi connectivity index (χ4n) is 5.15. The van der Waals surface area contributed by atoms with Crippen LogP contribution in [0.1, 0.15) is 31.0 Å². The summed E-state index contributed by atoms with van der Waals surface area (Å²) in [5.41, 5.74) is 3.24. The van der Waals surface area contributed by atoms with Crippen LogP contribution >= 0.6 is 11.3 Å². The van der Waals surface area contributed by atoms with Crippen molar-refractivity contribution in [1.82, 2.24) is 9.55 Å². The molecule has 8 heteroatoms. The molecule has 5 aromatic rings. The van der Waals surface area contributed by atoms with E-state index >= 15 is 0 Å². The molecule has 0 aliphatic carbocycles. The maximum absolute atomic E-state index is 14.1. The molecule has 0 amide bonds. The smallest absolute Gasteiger partial charge is 0.338 e. The number of carbonyl (C=O) groups excluding carboxylic acids is 1. The minimum Gasteiger partial charge on any atom is -0.496 e. The second-order valence-corrected chi connectivity index (χ2v) is 10.0. The number of allylic oxidation sites excluding steroid dienone is 1. The van der Waals surface area contributed by atoms with Gasteiger partial charge in [0.05, 0.1) is 29.5 Å². The van der Waals surface area contributed by atoms with Crippen molar-refractivity contribution in [2.75, 3.05) is 13.7 Å². The molecule has 7 nitrogen and oxygen atoms in total. The van der Waals surface area contributed by atoms with E-state index in [9.17, 15) is 9.59 Å². The number of thiazole rings is 1. The fourth-order valence-corrected chi connectivity index (χ4v) is 6.19. The number of hydrogen-bond donors (Lipinski definition) is 1. The predicted molar refractivity (Wildman–Crippen MR) is 149 cm³/mol. The minimum atomic E-state index is -0.767. The molecule has 0 fully saturated rings. The van der Waals surface area contributed by atoms with Crippen LogP contribution in [0.3, 0.4) is 0 Å².